The molecule has 1 aliphatic heterocycles. The molecular weight excluding hydrogens is 338 g/mol. The van der Waals surface area contributed by atoms with Crippen LogP contribution in [0.5, 0.6) is 0 Å². The monoisotopic (exact) mass is 359 g/mol. The molecule has 26 heavy (non-hydrogen) atoms. The maximum Gasteiger partial charge on any atom is 0.337 e. The summed E-state index contributed by atoms with van der Waals surface area (Å²) in [5, 5.41) is 5.38. The van der Waals surface area contributed by atoms with E-state index < -0.39 is 23.4 Å². The fraction of sp³-hybridized carbons (Fsp3) is 0.444. The molecule has 8 heteroatoms. The number of nitrogens with one attached hydrogen (secondary N) is 2. The van der Waals surface area contributed by atoms with Crippen molar-refractivity contribution in [1.82, 2.24) is 15.5 Å². The normalized spacial score (nSPS) is 22.2. The van der Waals surface area contributed by atoms with Crippen LogP contribution in [0.3, 0.4) is 0 Å². The van der Waals surface area contributed by atoms with Gasteiger partial charge in [0.15, 0.2) is 0 Å². The van der Waals surface area contributed by atoms with E-state index in [1.807, 2.05) is 0 Å². The maximum absolute atomic E-state index is 12.5. The van der Waals surface area contributed by atoms with Crippen molar-refractivity contribution in [1.29, 1.82) is 0 Å². The van der Waals surface area contributed by atoms with Gasteiger partial charge in [0.25, 0.3) is 5.91 Å². The Morgan fingerprint density at radius 2 is 1.92 bits per heavy atom. The number of ether oxygens (including phenoxy) is 1. The number of rotatable bonds is 6. The minimum absolute atomic E-state index is 0.153. The Morgan fingerprint density at radius 1 is 1.27 bits per heavy atom. The highest BCUT2D eigenvalue weighted by Gasteiger charge is 2.56. The first-order chi connectivity index (χ1) is 12.3. The lowest BCUT2D eigenvalue weighted by atomic mass is 9.96. The van der Waals surface area contributed by atoms with Gasteiger partial charge >= 0.3 is 12.0 Å². The van der Waals surface area contributed by atoms with Gasteiger partial charge in [-0.05, 0) is 43.4 Å². The van der Waals surface area contributed by atoms with E-state index in [-0.39, 0.29) is 24.9 Å². The first-order valence-corrected chi connectivity index (χ1v) is 8.43. The van der Waals surface area contributed by atoms with Crippen LogP contribution in [-0.4, -0.2) is 47.9 Å². The van der Waals surface area contributed by atoms with E-state index in [1.54, 1.807) is 31.2 Å². The SMILES string of the molecule is COC(=O)c1ccc(CNC(=O)CN2C(=O)NC(C)(C3CC3)C2=O)cc1. The summed E-state index contributed by atoms with van der Waals surface area (Å²) in [6, 6.07) is 6.08. The number of nitrogens with zero attached hydrogens (tertiary/aromatic N) is 1. The summed E-state index contributed by atoms with van der Waals surface area (Å²) in [6.45, 7) is 1.63. The van der Waals surface area contributed by atoms with Crippen molar-refractivity contribution in [2.45, 2.75) is 31.8 Å². The molecule has 1 aromatic carbocycles. The topological polar surface area (TPSA) is 105 Å². The standard InChI is InChI=1S/C18H21N3O5/c1-18(13-7-8-13)16(24)21(17(25)20-18)10-14(22)19-9-11-3-5-12(6-4-11)15(23)26-2/h3-6,13H,7-10H2,1-2H3,(H,19,22)(H,20,25). The van der Waals surface area contributed by atoms with E-state index in [0.29, 0.717) is 5.56 Å². The molecule has 2 fully saturated rings. The van der Waals surface area contributed by atoms with E-state index >= 15 is 0 Å². The molecule has 0 bridgehead atoms. The van der Waals surface area contributed by atoms with Gasteiger partial charge in [-0.3, -0.25) is 14.5 Å². The Labute approximate surface area is 150 Å². The molecule has 1 aromatic rings. The van der Waals surface area contributed by atoms with E-state index in [0.717, 1.165) is 23.3 Å². The summed E-state index contributed by atoms with van der Waals surface area (Å²) in [7, 11) is 1.31. The van der Waals surface area contributed by atoms with Gasteiger partial charge in [-0.1, -0.05) is 12.1 Å². The van der Waals surface area contributed by atoms with Crippen LogP contribution in [0.2, 0.25) is 0 Å². The highest BCUT2D eigenvalue weighted by Crippen LogP contribution is 2.42. The minimum atomic E-state index is -0.888. The lowest BCUT2D eigenvalue weighted by molar-refractivity contribution is -0.135. The van der Waals surface area contributed by atoms with Crippen molar-refractivity contribution in [3.63, 3.8) is 0 Å². The number of hydrogen-bond acceptors (Lipinski definition) is 5. The highest BCUT2D eigenvalue weighted by molar-refractivity contribution is 6.09. The van der Waals surface area contributed by atoms with Crippen molar-refractivity contribution in [3.05, 3.63) is 35.4 Å². The Morgan fingerprint density at radius 3 is 2.50 bits per heavy atom. The number of imide groups is 1. The van der Waals surface area contributed by atoms with Gasteiger partial charge in [0.1, 0.15) is 12.1 Å². The predicted octanol–water partition coefficient (Wildman–Crippen LogP) is 0.810. The number of methoxy groups -OCH3 is 1. The zero-order valence-electron chi connectivity index (χ0n) is 14.7. The smallest absolute Gasteiger partial charge is 0.337 e. The molecule has 1 saturated heterocycles. The van der Waals surface area contributed by atoms with Gasteiger partial charge in [-0.2, -0.15) is 0 Å². The van der Waals surface area contributed by atoms with Gasteiger partial charge in [-0.25, -0.2) is 9.59 Å². The third-order valence-corrected chi connectivity index (χ3v) is 4.86. The second-order valence-corrected chi connectivity index (χ2v) is 6.76. The molecule has 0 aromatic heterocycles. The highest BCUT2D eigenvalue weighted by atomic mass is 16.5. The fourth-order valence-corrected chi connectivity index (χ4v) is 3.07. The van der Waals surface area contributed by atoms with E-state index in [1.165, 1.54) is 7.11 Å². The van der Waals surface area contributed by atoms with Crippen LogP contribution in [-0.2, 0) is 20.9 Å². The molecule has 1 atom stereocenters. The fourth-order valence-electron chi connectivity index (χ4n) is 3.07. The quantitative estimate of drug-likeness (QED) is 0.578. The number of amides is 4. The van der Waals surface area contributed by atoms with E-state index in [9.17, 15) is 19.2 Å². The van der Waals surface area contributed by atoms with Crippen molar-refractivity contribution in [2.75, 3.05) is 13.7 Å². The Bertz CT molecular complexity index is 757. The number of urea groups is 1. The molecule has 0 spiro atoms. The average molecular weight is 359 g/mol. The number of carbonyl (C=O) groups excluding carboxylic acids is 4. The molecule has 1 unspecified atom stereocenters. The van der Waals surface area contributed by atoms with Crippen LogP contribution in [0.1, 0.15) is 35.7 Å². The zero-order chi connectivity index (χ0) is 18.9. The summed E-state index contributed by atoms with van der Waals surface area (Å²) in [6.07, 6.45) is 1.81. The van der Waals surface area contributed by atoms with Gasteiger partial charge in [-0.15, -0.1) is 0 Å². The third-order valence-electron chi connectivity index (χ3n) is 4.86. The average Bonchev–Trinajstić information content (AvgIpc) is 3.46. The van der Waals surface area contributed by atoms with Crippen LogP contribution in [0.4, 0.5) is 4.79 Å². The largest absolute Gasteiger partial charge is 0.465 e. The Hall–Kier alpha value is -2.90. The van der Waals surface area contributed by atoms with Crippen molar-refractivity contribution >= 4 is 23.8 Å². The summed E-state index contributed by atoms with van der Waals surface area (Å²) in [4.78, 5) is 49.0. The molecule has 3 rings (SSSR count). The second-order valence-electron chi connectivity index (χ2n) is 6.76. The molecule has 2 N–H and O–H groups in total. The Balaban J connectivity index is 1.53. The third kappa shape index (κ3) is 3.40. The van der Waals surface area contributed by atoms with Crippen LogP contribution in [0, 0.1) is 5.92 Å². The maximum atomic E-state index is 12.5. The summed E-state index contributed by atoms with van der Waals surface area (Å²) < 4.78 is 4.62. The summed E-state index contributed by atoms with van der Waals surface area (Å²) >= 11 is 0. The Kier molecular flexibility index (Phi) is 4.67. The molecule has 4 amide bonds. The van der Waals surface area contributed by atoms with Gasteiger partial charge in [0, 0.05) is 6.54 Å². The predicted molar refractivity (Wildman–Crippen MR) is 91.0 cm³/mol. The van der Waals surface area contributed by atoms with Gasteiger partial charge < -0.3 is 15.4 Å². The lowest BCUT2D eigenvalue weighted by Crippen LogP contribution is -2.46. The van der Waals surface area contributed by atoms with Crippen molar-refractivity contribution in [3.8, 4) is 0 Å². The second kappa shape index (κ2) is 6.78. The van der Waals surface area contributed by atoms with Crippen LogP contribution in [0.15, 0.2) is 24.3 Å². The van der Waals surface area contributed by atoms with Crippen molar-refractivity contribution < 1.29 is 23.9 Å². The number of carbonyl (C=O) groups is 4. The van der Waals surface area contributed by atoms with Crippen LogP contribution >= 0.6 is 0 Å². The summed E-state index contributed by atoms with van der Waals surface area (Å²) in [5.41, 5.74) is 0.313. The number of esters is 1. The first-order valence-electron chi connectivity index (χ1n) is 8.43. The summed E-state index contributed by atoms with van der Waals surface area (Å²) in [5.74, 6) is -1.05. The van der Waals surface area contributed by atoms with Crippen LogP contribution in [0.25, 0.3) is 0 Å². The zero-order valence-corrected chi connectivity index (χ0v) is 14.7. The van der Waals surface area contributed by atoms with Crippen molar-refractivity contribution in [2.24, 2.45) is 5.92 Å². The molecule has 1 saturated carbocycles. The number of benzene rings is 1. The lowest BCUT2D eigenvalue weighted by Gasteiger charge is -2.20. The van der Waals surface area contributed by atoms with Crippen LogP contribution < -0.4 is 10.6 Å². The molecule has 138 valence electrons. The molecule has 0 radical (unpaired) electrons. The van der Waals surface area contributed by atoms with Gasteiger partial charge in [0.2, 0.25) is 5.91 Å². The molecule has 1 aliphatic carbocycles. The first kappa shape index (κ1) is 17.9. The number of hydrogen-bond donors (Lipinski definition) is 2. The molecule has 1 heterocycles. The van der Waals surface area contributed by atoms with Gasteiger partial charge in [0.05, 0.1) is 12.7 Å². The molecular formula is C18H21N3O5. The van der Waals surface area contributed by atoms with E-state index in [2.05, 4.69) is 15.4 Å². The minimum Gasteiger partial charge on any atom is -0.465 e. The molecule has 8 nitrogen and oxygen atoms in total. The van der Waals surface area contributed by atoms with E-state index in [4.69, 9.17) is 0 Å². The molecule has 2 aliphatic rings.